The van der Waals surface area contributed by atoms with Crippen molar-refractivity contribution in [1.29, 1.82) is 0 Å². The average Bonchev–Trinajstić information content (AvgIpc) is 2.70. The first-order valence-electron chi connectivity index (χ1n) is 9.36. The molecule has 144 valence electrons. The molecule has 0 N–H and O–H groups in total. The summed E-state index contributed by atoms with van der Waals surface area (Å²) in [5, 5.41) is 0.979. The summed E-state index contributed by atoms with van der Waals surface area (Å²) in [5.41, 5.74) is 3.42. The number of hydrogen-bond donors (Lipinski definition) is 0. The van der Waals surface area contributed by atoms with E-state index in [1.165, 1.54) is 0 Å². The zero-order valence-electron chi connectivity index (χ0n) is 16.1. The van der Waals surface area contributed by atoms with Crippen LogP contribution in [0.4, 0.5) is 5.69 Å². The predicted octanol–water partition coefficient (Wildman–Crippen LogP) is 5.02. The van der Waals surface area contributed by atoms with E-state index in [1.54, 1.807) is 15.5 Å². The number of anilines is 1. The number of rotatable bonds is 6. The highest BCUT2D eigenvalue weighted by Gasteiger charge is 2.22. The molecule has 0 aliphatic carbocycles. The van der Waals surface area contributed by atoms with E-state index < -0.39 is 0 Å². The molecule has 3 rings (SSSR count). The molecule has 0 saturated heterocycles. The van der Waals surface area contributed by atoms with Crippen LogP contribution in [0.2, 0.25) is 0 Å². The fourth-order valence-corrected chi connectivity index (χ4v) is 4.18. The van der Waals surface area contributed by atoms with E-state index in [0.717, 1.165) is 25.7 Å². The van der Waals surface area contributed by atoms with Crippen molar-refractivity contribution in [2.45, 2.75) is 26.8 Å². The topological polar surface area (TPSA) is 42.3 Å². The second-order valence-electron chi connectivity index (χ2n) is 6.43. The SMILES string of the molecule is C=CCc1c(N(CC)C(=O)c2ccccc2I)ccc2c1ccc(=O)n2CC. The Morgan fingerprint density at radius 1 is 1.14 bits per heavy atom. The summed E-state index contributed by atoms with van der Waals surface area (Å²) in [7, 11) is 0. The number of aromatic nitrogens is 1. The van der Waals surface area contributed by atoms with E-state index in [-0.39, 0.29) is 11.5 Å². The first-order valence-corrected chi connectivity index (χ1v) is 10.4. The second-order valence-corrected chi connectivity index (χ2v) is 7.60. The molecule has 1 heterocycles. The Balaban J connectivity index is 2.23. The lowest BCUT2D eigenvalue weighted by atomic mass is 10.0. The van der Waals surface area contributed by atoms with Gasteiger partial charge in [-0.25, -0.2) is 0 Å². The molecule has 0 atom stereocenters. The summed E-state index contributed by atoms with van der Waals surface area (Å²) in [6.07, 6.45) is 2.45. The molecule has 1 amide bonds. The fraction of sp³-hybridized carbons (Fsp3) is 0.217. The maximum absolute atomic E-state index is 13.3. The summed E-state index contributed by atoms with van der Waals surface area (Å²) in [6, 6.07) is 14.9. The van der Waals surface area contributed by atoms with Crippen LogP contribution in [0.3, 0.4) is 0 Å². The maximum atomic E-state index is 13.3. The summed E-state index contributed by atoms with van der Waals surface area (Å²) in [5.74, 6) is -0.0269. The van der Waals surface area contributed by atoms with Crippen molar-refractivity contribution >= 4 is 45.1 Å². The Morgan fingerprint density at radius 2 is 1.89 bits per heavy atom. The van der Waals surface area contributed by atoms with E-state index in [4.69, 9.17) is 0 Å². The van der Waals surface area contributed by atoms with Crippen LogP contribution in [0, 0.1) is 3.57 Å². The van der Waals surface area contributed by atoms with Crippen molar-refractivity contribution in [1.82, 2.24) is 4.57 Å². The van der Waals surface area contributed by atoms with E-state index in [0.29, 0.717) is 25.1 Å². The molecule has 0 aliphatic heterocycles. The molecule has 0 fully saturated rings. The lowest BCUT2D eigenvalue weighted by Gasteiger charge is -2.26. The van der Waals surface area contributed by atoms with Crippen LogP contribution >= 0.6 is 22.6 Å². The molecule has 3 aromatic rings. The van der Waals surface area contributed by atoms with E-state index >= 15 is 0 Å². The van der Waals surface area contributed by atoms with Gasteiger partial charge in [0.1, 0.15) is 0 Å². The third-order valence-corrected chi connectivity index (χ3v) is 5.82. The molecule has 0 radical (unpaired) electrons. The number of carbonyl (C=O) groups excluding carboxylic acids is 1. The molecular formula is C23H23IN2O2. The van der Waals surface area contributed by atoms with Crippen molar-refractivity contribution in [3.8, 4) is 0 Å². The number of aryl methyl sites for hydroxylation is 1. The zero-order chi connectivity index (χ0) is 20.3. The van der Waals surface area contributed by atoms with Crippen molar-refractivity contribution < 1.29 is 4.79 Å². The largest absolute Gasteiger partial charge is 0.309 e. The molecule has 0 aliphatic rings. The Morgan fingerprint density at radius 3 is 2.54 bits per heavy atom. The molecule has 4 nitrogen and oxygen atoms in total. The van der Waals surface area contributed by atoms with Gasteiger partial charge in [0.25, 0.3) is 11.5 Å². The number of hydrogen-bond acceptors (Lipinski definition) is 2. The van der Waals surface area contributed by atoms with Gasteiger partial charge in [-0.05, 0) is 78.8 Å². The van der Waals surface area contributed by atoms with Gasteiger partial charge >= 0.3 is 0 Å². The van der Waals surface area contributed by atoms with Crippen molar-refractivity contribution in [3.63, 3.8) is 0 Å². The highest BCUT2D eigenvalue weighted by atomic mass is 127. The van der Waals surface area contributed by atoms with Gasteiger partial charge in [-0.3, -0.25) is 9.59 Å². The Labute approximate surface area is 178 Å². The first-order chi connectivity index (χ1) is 13.5. The van der Waals surface area contributed by atoms with Gasteiger partial charge in [0.05, 0.1) is 11.1 Å². The first kappa shape index (κ1) is 20.3. The molecule has 0 bridgehead atoms. The smallest absolute Gasteiger partial charge is 0.259 e. The number of carbonyl (C=O) groups is 1. The molecule has 28 heavy (non-hydrogen) atoms. The molecule has 0 unspecified atom stereocenters. The fourth-order valence-electron chi connectivity index (χ4n) is 3.57. The Bertz CT molecular complexity index is 1100. The van der Waals surface area contributed by atoms with Crippen molar-refractivity contribution in [2.75, 3.05) is 11.4 Å². The second kappa shape index (κ2) is 8.73. The number of amides is 1. The van der Waals surface area contributed by atoms with Gasteiger partial charge < -0.3 is 9.47 Å². The minimum Gasteiger partial charge on any atom is -0.309 e. The highest BCUT2D eigenvalue weighted by Crippen LogP contribution is 2.31. The predicted molar refractivity (Wildman–Crippen MR) is 124 cm³/mol. The van der Waals surface area contributed by atoms with E-state index in [1.807, 2.05) is 62.4 Å². The summed E-state index contributed by atoms with van der Waals surface area (Å²) in [6.45, 7) is 8.97. The van der Waals surface area contributed by atoms with Crippen LogP contribution in [0.15, 0.2) is 66.0 Å². The molecule has 0 spiro atoms. The normalized spacial score (nSPS) is 10.8. The van der Waals surface area contributed by atoms with Crippen LogP contribution in [-0.4, -0.2) is 17.0 Å². The summed E-state index contributed by atoms with van der Waals surface area (Å²) in [4.78, 5) is 27.3. The molecule has 1 aromatic heterocycles. The molecular weight excluding hydrogens is 463 g/mol. The van der Waals surface area contributed by atoms with Crippen LogP contribution < -0.4 is 10.5 Å². The maximum Gasteiger partial charge on any atom is 0.259 e. The molecule has 0 saturated carbocycles. The third-order valence-electron chi connectivity index (χ3n) is 4.88. The van der Waals surface area contributed by atoms with Crippen molar-refractivity contribution in [2.24, 2.45) is 0 Å². The highest BCUT2D eigenvalue weighted by molar-refractivity contribution is 14.1. The zero-order valence-corrected chi connectivity index (χ0v) is 18.3. The number of fused-ring (bicyclic) bond motifs is 1. The number of nitrogens with zero attached hydrogens (tertiary/aromatic N) is 2. The Kier molecular flexibility index (Phi) is 6.34. The van der Waals surface area contributed by atoms with Crippen LogP contribution in [-0.2, 0) is 13.0 Å². The van der Waals surface area contributed by atoms with Gasteiger partial charge in [-0.15, -0.1) is 6.58 Å². The number of benzene rings is 2. The van der Waals surface area contributed by atoms with Crippen molar-refractivity contribution in [3.05, 3.63) is 86.2 Å². The van der Waals surface area contributed by atoms with Crippen LogP contribution in [0.25, 0.3) is 10.9 Å². The molecule has 2 aromatic carbocycles. The quantitative estimate of drug-likeness (QED) is 0.363. The Hall–Kier alpha value is -2.41. The van der Waals surface area contributed by atoms with Gasteiger partial charge in [-0.1, -0.05) is 18.2 Å². The van der Waals surface area contributed by atoms with Gasteiger partial charge in [0.15, 0.2) is 0 Å². The summed E-state index contributed by atoms with van der Waals surface area (Å²) < 4.78 is 2.68. The lowest BCUT2D eigenvalue weighted by molar-refractivity contribution is 0.0987. The minimum atomic E-state index is -0.0269. The van der Waals surface area contributed by atoms with Gasteiger partial charge in [-0.2, -0.15) is 0 Å². The van der Waals surface area contributed by atoms with Gasteiger partial charge in [0.2, 0.25) is 0 Å². The minimum absolute atomic E-state index is 0.0189. The number of pyridine rings is 1. The van der Waals surface area contributed by atoms with Crippen LogP contribution in [0.1, 0.15) is 29.8 Å². The van der Waals surface area contributed by atoms with Crippen LogP contribution in [0.5, 0.6) is 0 Å². The van der Waals surface area contributed by atoms with Gasteiger partial charge in [0, 0.05) is 33.8 Å². The number of allylic oxidation sites excluding steroid dienone is 1. The standard InChI is InChI=1S/C23H23IN2O2/c1-4-9-16-17-12-15-22(27)25(5-2)20(17)13-14-21(16)26(6-3)23(28)18-10-7-8-11-19(18)24/h4,7-8,10-15H,1,5-6,9H2,2-3H3. The van der Waals surface area contributed by atoms with E-state index in [2.05, 4.69) is 29.2 Å². The molecule has 5 heteroatoms. The monoisotopic (exact) mass is 486 g/mol. The lowest BCUT2D eigenvalue weighted by Crippen LogP contribution is -2.32. The number of halogens is 1. The average molecular weight is 486 g/mol. The third kappa shape index (κ3) is 3.63. The van der Waals surface area contributed by atoms with E-state index in [9.17, 15) is 9.59 Å². The summed E-state index contributed by atoms with van der Waals surface area (Å²) >= 11 is 2.20.